The van der Waals surface area contributed by atoms with Crippen molar-refractivity contribution in [2.75, 3.05) is 5.73 Å². The van der Waals surface area contributed by atoms with Crippen LogP contribution in [0.5, 0.6) is 0 Å². The van der Waals surface area contributed by atoms with Crippen molar-refractivity contribution in [1.29, 1.82) is 0 Å². The van der Waals surface area contributed by atoms with Crippen LogP contribution in [0.15, 0.2) is 177 Å². The van der Waals surface area contributed by atoms with E-state index in [-0.39, 0.29) is 26.6 Å². The lowest BCUT2D eigenvalue weighted by Crippen LogP contribution is -2.72. The molecule has 2 atom stereocenters. The molecule has 7 aromatic rings. The molecule has 0 radical (unpaired) electrons. The minimum absolute atomic E-state index is 0.0141. The first kappa shape index (κ1) is 41.7. The number of allylic oxidation sites excluding steroid dienone is 1. The number of halogens is 1. The number of oxime groups is 1. The van der Waals surface area contributed by atoms with Crippen molar-refractivity contribution in [2.45, 2.75) is 41.0 Å². The van der Waals surface area contributed by atoms with Gasteiger partial charge < -0.3 is 20.6 Å². The van der Waals surface area contributed by atoms with E-state index in [0.717, 1.165) is 39.2 Å². The zero-order chi connectivity index (χ0) is 43.3. The molecule has 0 saturated carbocycles. The van der Waals surface area contributed by atoms with Crippen LogP contribution in [-0.4, -0.2) is 55.7 Å². The Labute approximate surface area is 379 Å². The van der Waals surface area contributed by atoms with Crippen LogP contribution in [0.2, 0.25) is 4.34 Å². The third-order valence-corrected chi connectivity index (χ3v) is 13.7. The molecule has 2 aliphatic rings. The zero-order valence-electron chi connectivity index (χ0n) is 33.1. The van der Waals surface area contributed by atoms with Crippen LogP contribution in [0.25, 0.3) is 0 Å². The van der Waals surface area contributed by atoms with Crippen LogP contribution in [0.1, 0.15) is 52.5 Å². The topological polar surface area (TPSA) is 162 Å². The van der Waals surface area contributed by atoms with Crippen molar-refractivity contribution >= 4 is 74.7 Å². The summed E-state index contributed by atoms with van der Waals surface area (Å²) in [6.07, 6.45) is 0.0432. The van der Waals surface area contributed by atoms with E-state index < -0.39 is 41.6 Å². The van der Waals surface area contributed by atoms with E-state index in [0.29, 0.717) is 22.1 Å². The number of nitrogens with one attached hydrogen (secondary N) is 1. The van der Waals surface area contributed by atoms with Gasteiger partial charge in [-0.1, -0.05) is 203 Å². The second-order valence-corrected chi connectivity index (χ2v) is 18.2. The fraction of sp³-hybridized carbons (Fsp3) is 0.128. The second-order valence-electron chi connectivity index (χ2n) is 14.4. The average Bonchev–Trinajstić information content (AvgIpc) is 3.97. The number of ether oxygens (including phenoxy) is 1. The lowest BCUT2D eigenvalue weighted by Gasteiger charge is -2.50. The molecule has 2 amide bonds. The molecule has 3 N–H and O–H groups in total. The van der Waals surface area contributed by atoms with Crippen molar-refractivity contribution in [3.05, 3.63) is 206 Å². The molecule has 0 spiro atoms. The number of nitrogen functional groups attached to an aromatic ring is 1. The molecular weight excluding hydrogens is 874 g/mol. The molecule has 2 aromatic heterocycles. The fourth-order valence-electron chi connectivity index (χ4n) is 7.83. The van der Waals surface area contributed by atoms with Crippen LogP contribution in [-0.2, 0) is 29.6 Å². The summed E-state index contributed by atoms with van der Waals surface area (Å²) in [6.45, 7) is 0. The number of aromatic nitrogens is 3. The van der Waals surface area contributed by atoms with E-state index in [1.54, 1.807) is 5.51 Å². The summed E-state index contributed by atoms with van der Waals surface area (Å²) in [5, 5.41) is 15.7. The van der Waals surface area contributed by atoms with Gasteiger partial charge in [-0.3, -0.25) is 14.5 Å². The van der Waals surface area contributed by atoms with Gasteiger partial charge in [-0.15, -0.1) is 10.2 Å². The van der Waals surface area contributed by atoms with Gasteiger partial charge in [0, 0.05) is 21.6 Å². The number of fused-ring (bicyclic) bond motifs is 1. The molecule has 9 rings (SSSR count). The van der Waals surface area contributed by atoms with Crippen LogP contribution < -0.4 is 11.1 Å². The minimum atomic E-state index is -1.35. The number of esters is 1. The number of hydrogen-bond donors (Lipinski definition) is 2. The van der Waals surface area contributed by atoms with Gasteiger partial charge in [0.2, 0.25) is 5.60 Å². The molecule has 2 unspecified atom stereocenters. The second kappa shape index (κ2) is 18.4. The number of rotatable bonds is 14. The molecule has 2 aliphatic heterocycles. The smallest absolute Gasteiger partial charge is 0.356 e. The maximum atomic E-state index is 14.7. The number of benzene rings is 5. The van der Waals surface area contributed by atoms with E-state index >= 15 is 0 Å². The van der Waals surface area contributed by atoms with E-state index in [2.05, 4.69) is 25.7 Å². The Morgan fingerprint density at radius 3 is 1.87 bits per heavy atom. The maximum Gasteiger partial charge on any atom is 0.356 e. The average molecular weight is 911 g/mol. The highest BCUT2D eigenvalue weighted by molar-refractivity contribution is 8.04. The van der Waals surface area contributed by atoms with Gasteiger partial charge in [0.25, 0.3) is 11.8 Å². The predicted molar refractivity (Wildman–Crippen MR) is 244 cm³/mol. The molecule has 0 aliphatic carbocycles. The summed E-state index contributed by atoms with van der Waals surface area (Å²) in [5.74, 6) is -1.98. The summed E-state index contributed by atoms with van der Waals surface area (Å²) >= 11 is 10.2. The largest absolute Gasteiger partial charge is 0.448 e. The highest BCUT2D eigenvalue weighted by Crippen LogP contribution is 2.45. The summed E-state index contributed by atoms with van der Waals surface area (Å²) < 4.78 is 7.03. The lowest BCUT2D eigenvalue weighted by atomic mass is 9.80. The first-order valence-electron chi connectivity index (χ1n) is 19.8. The van der Waals surface area contributed by atoms with Gasteiger partial charge in [-0.2, -0.15) is 0 Å². The van der Waals surface area contributed by atoms with Crippen LogP contribution >= 0.6 is 46.0 Å². The molecule has 4 heterocycles. The lowest BCUT2D eigenvalue weighted by molar-refractivity contribution is -0.158. The normalized spacial score (nSPS) is 16.3. The highest BCUT2D eigenvalue weighted by atomic mass is 35.5. The monoisotopic (exact) mass is 909 g/mol. The van der Waals surface area contributed by atoms with E-state index in [4.69, 9.17) is 26.9 Å². The number of thiazole rings is 1. The van der Waals surface area contributed by atoms with Crippen molar-refractivity contribution in [3.63, 3.8) is 0 Å². The third kappa shape index (κ3) is 8.35. The standard InChI is InChI=1S/C47H36ClN7O5S3/c48-41-37(52-45(49)63-41)38(54-60-47(31-20-10-3-11-21-31,32-22-12-4-13-23-32)33-24-14-5-15-25-33)42(56)51-36-34-26-27-35(62-46-53-50-28-61-46)39(55(34)43(36)57)44(58)59-40(29-16-6-1-7-17-29)30-18-8-2-9-19-30/h1-25,28,34,36,40H,26-27H2,(H2,49,52)(H,51,56)/b54-38+. The highest BCUT2D eigenvalue weighted by Gasteiger charge is 2.54. The molecule has 12 nitrogen and oxygen atoms in total. The van der Waals surface area contributed by atoms with E-state index in [9.17, 15) is 14.4 Å². The Balaban J connectivity index is 1.06. The van der Waals surface area contributed by atoms with Crippen molar-refractivity contribution in [1.82, 2.24) is 25.4 Å². The number of nitrogens with zero attached hydrogens (tertiary/aromatic N) is 5. The summed E-state index contributed by atoms with van der Waals surface area (Å²) in [5.41, 5.74) is 9.86. The molecule has 314 valence electrons. The Bertz CT molecular complexity index is 2660. The van der Waals surface area contributed by atoms with Crippen LogP contribution in [0.3, 0.4) is 0 Å². The summed E-state index contributed by atoms with van der Waals surface area (Å²) in [6, 6.07) is 45.7. The Morgan fingerprint density at radius 2 is 1.38 bits per heavy atom. The SMILES string of the molecule is Nc1nc(/C(=N\OC(c2ccccc2)(c2ccccc2)c2ccccc2)C(=O)NC2C(=O)N3C(C(=O)OC(c4ccccc4)c4ccccc4)=C(Sc4nncs4)CCC23)c(Cl)s1. The van der Waals surface area contributed by atoms with Crippen molar-refractivity contribution < 1.29 is 24.0 Å². The van der Waals surface area contributed by atoms with Gasteiger partial charge in [0.05, 0.1) is 6.04 Å². The van der Waals surface area contributed by atoms with E-state index in [1.807, 2.05) is 152 Å². The number of amides is 2. The minimum Gasteiger partial charge on any atom is -0.448 e. The molecule has 5 aromatic carbocycles. The Morgan fingerprint density at radius 1 is 0.841 bits per heavy atom. The molecule has 0 bridgehead atoms. The molecule has 63 heavy (non-hydrogen) atoms. The number of carbonyl (C=O) groups excluding carboxylic acids is 3. The van der Waals surface area contributed by atoms with Gasteiger partial charge in [0.15, 0.2) is 21.3 Å². The van der Waals surface area contributed by atoms with Crippen LogP contribution in [0.4, 0.5) is 5.13 Å². The number of hydrogen-bond acceptors (Lipinski definition) is 13. The van der Waals surface area contributed by atoms with Crippen molar-refractivity contribution in [2.24, 2.45) is 5.16 Å². The fourth-order valence-corrected chi connectivity index (χ4v) is 10.5. The quantitative estimate of drug-likeness (QED) is 0.0355. The third-order valence-electron chi connectivity index (χ3n) is 10.7. The number of thioether (sulfide) groups is 1. The Kier molecular flexibility index (Phi) is 12.2. The maximum absolute atomic E-state index is 14.7. The first-order chi connectivity index (χ1) is 30.8. The van der Waals surface area contributed by atoms with Crippen LogP contribution in [0, 0.1) is 0 Å². The van der Waals surface area contributed by atoms with Gasteiger partial charge in [0.1, 0.15) is 27.3 Å². The number of anilines is 1. The van der Waals surface area contributed by atoms with Gasteiger partial charge in [-0.05, 0) is 24.0 Å². The summed E-state index contributed by atoms with van der Waals surface area (Å²) in [4.78, 5) is 56.7. The zero-order valence-corrected chi connectivity index (χ0v) is 36.3. The van der Waals surface area contributed by atoms with E-state index in [1.165, 1.54) is 28.0 Å². The predicted octanol–water partition coefficient (Wildman–Crippen LogP) is 8.77. The Hall–Kier alpha value is -6.65. The number of carbonyl (C=O) groups is 3. The molecular formula is C47H36ClN7O5S3. The van der Waals surface area contributed by atoms with Crippen molar-refractivity contribution in [3.8, 4) is 0 Å². The summed E-state index contributed by atoms with van der Waals surface area (Å²) in [7, 11) is 0. The molecule has 1 fully saturated rings. The number of nitrogens with two attached hydrogens (primary N) is 1. The molecule has 16 heteroatoms. The first-order valence-corrected chi connectivity index (χ1v) is 22.7. The van der Waals surface area contributed by atoms with Gasteiger partial charge in [-0.25, -0.2) is 9.78 Å². The van der Waals surface area contributed by atoms with Gasteiger partial charge >= 0.3 is 5.97 Å². The number of β-lactam (4-membered cyclic amide) rings is 1. The molecule has 1 saturated heterocycles.